The molecule has 0 unspecified atom stereocenters. The molecule has 2 aromatic rings. The van der Waals surface area contributed by atoms with E-state index in [9.17, 15) is 4.79 Å². The summed E-state index contributed by atoms with van der Waals surface area (Å²) in [4.78, 5) is 12.9. The van der Waals surface area contributed by atoms with E-state index in [0.29, 0.717) is 17.5 Å². The Morgan fingerprint density at radius 3 is 3.10 bits per heavy atom. The lowest BCUT2D eigenvalue weighted by Crippen LogP contribution is -2.14. The summed E-state index contributed by atoms with van der Waals surface area (Å²) in [5.74, 6) is 2.77. The zero-order valence-electron chi connectivity index (χ0n) is 11.7. The van der Waals surface area contributed by atoms with Crippen molar-refractivity contribution in [3.05, 3.63) is 23.6 Å². The Kier molecular flexibility index (Phi) is 5.67. The highest BCUT2D eigenvalue weighted by Crippen LogP contribution is 2.24. The summed E-state index contributed by atoms with van der Waals surface area (Å²) in [7, 11) is 0. The molecule has 0 saturated heterocycles. The zero-order valence-corrected chi connectivity index (χ0v) is 13.3. The van der Waals surface area contributed by atoms with E-state index in [1.807, 2.05) is 23.6 Å². The fourth-order valence-electron chi connectivity index (χ4n) is 1.61. The quantitative estimate of drug-likeness (QED) is 0.764. The maximum absolute atomic E-state index is 11.8. The summed E-state index contributed by atoms with van der Waals surface area (Å²) >= 11 is 3.31. The molecular weight excluding hydrogens is 290 g/mol. The molecule has 2 rings (SSSR count). The molecule has 2 N–H and O–H groups in total. The summed E-state index contributed by atoms with van der Waals surface area (Å²) < 4.78 is 0. The van der Waals surface area contributed by atoms with Gasteiger partial charge in [0, 0.05) is 6.07 Å². The number of carbonyl (C=O) groups excluding carboxylic acids is 1. The highest BCUT2D eigenvalue weighted by atomic mass is 32.2. The SMILES string of the molecule is CC(C)CCSCC(=O)Nc1cc(-c2cccs2)[nH]n1. The minimum Gasteiger partial charge on any atom is -0.308 e. The van der Waals surface area contributed by atoms with Crippen LogP contribution in [0.3, 0.4) is 0 Å². The molecule has 0 fully saturated rings. The maximum Gasteiger partial charge on any atom is 0.235 e. The molecule has 0 bridgehead atoms. The summed E-state index contributed by atoms with van der Waals surface area (Å²) in [6.45, 7) is 4.38. The number of thioether (sulfide) groups is 1. The van der Waals surface area contributed by atoms with Gasteiger partial charge >= 0.3 is 0 Å². The molecule has 0 atom stereocenters. The maximum atomic E-state index is 11.8. The lowest BCUT2D eigenvalue weighted by Gasteiger charge is -2.04. The van der Waals surface area contributed by atoms with Crippen molar-refractivity contribution in [2.45, 2.75) is 20.3 Å². The van der Waals surface area contributed by atoms with Crippen molar-refractivity contribution in [2.24, 2.45) is 5.92 Å². The summed E-state index contributed by atoms with van der Waals surface area (Å²) in [5, 5.41) is 11.9. The van der Waals surface area contributed by atoms with Crippen LogP contribution in [0, 0.1) is 5.92 Å². The van der Waals surface area contributed by atoms with Crippen molar-refractivity contribution in [1.82, 2.24) is 10.2 Å². The molecule has 6 heteroatoms. The second-order valence-corrected chi connectivity index (χ2v) is 6.98. The van der Waals surface area contributed by atoms with Crippen LogP contribution in [-0.4, -0.2) is 27.6 Å². The number of anilines is 1. The van der Waals surface area contributed by atoms with Gasteiger partial charge in [-0.1, -0.05) is 19.9 Å². The Morgan fingerprint density at radius 1 is 1.55 bits per heavy atom. The van der Waals surface area contributed by atoms with E-state index >= 15 is 0 Å². The molecule has 1 amide bonds. The molecule has 108 valence electrons. The molecule has 0 radical (unpaired) electrons. The number of amides is 1. The third-order valence-electron chi connectivity index (χ3n) is 2.70. The number of nitrogens with one attached hydrogen (secondary N) is 2. The van der Waals surface area contributed by atoms with Gasteiger partial charge in [0.15, 0.2) is 5.82 Å². The van der Waals surface area contributed by atoms with Crippen LogP contribution in [0.25, 0.3) is 10.6 Å². The van der Waals surface area contributed by atoms with E-state index in [-0.39, 0.29) is 5.91 Å². The topological polar surface area (TPSA) is 57.8 Å². The zero-order chi connectivity index (χ0) is 14.4. The highest BCUT2D eigenvalue weighted by molar-refractivity contribution is 7.99. The Bertz CT molecular complexity index is 534. The third-order valence-corrected chi connectivity index (χ3v) is 4.60. The van der Waals surface area contributed by atoms with E-state index in [1.165, 1.54) is 0 Å². The van der Waals surface area contributed by atoms with Gasteiger partial charge in [0.1, 0.15) is 0 Å². The van der Waals surface area contributed by atoms with Crippen LogP contribution in [-0.2, 0) is 4.79 Å². The highest BCUT2D eigenvalue weighted by Gasteiger charge is 2.08. The van der Waals surface area contributed by atoms with E-state index in [0.717, 1.165) is 22.7 Å². The van der Waals surface area contributed by atoms with Gasteiger partial charge < -0.3 is 5.32 Å². The second-order valence-electron chi connectivity index (χ2n) is 4.93. The molecule has 2 heterocycles. The van der Waals surface area contributed by atoms with E-state index in [2.05, 4.69) is 29.4 Å². The number of rotatable bonds is 7. The number of nitrogens with zero attached hydrogens (tertiary/aromatic N) is 1. The molecule has 0 saturated carbocycles. The predicted octanol–water partition coefficient (Wildman–Crippen LogP) is 3.86. The van der Waals surface area contributed by atoms with E-state index in [1.54, 1.807) is 23.1 Å². The molecule has 2 aromatic heterocycles. The van der Waals surface area contributed by atoms with Crippen molar-refractivity contribution >= 4 is 34.8 Å². The van der Waals surface area contributed by atoms with Crippen LogP contribution < -0.4 is 5.32 Å². The third kappa shape index (κ3) is 4.68. The number of thiophene rings is 1. The molecule has 0 aliphatic rings. The van der Waals surface area contributed by atoms with Gasteiger partial charge in [-0.05, 0) is 29.5 Å². The van der Waals surface area contributed by atoms with Gasteiger partial charge in [0.05, 0.1) is 16.3 Å². The standard InChI is InChI=1S/C14H19N3OS2/c1-10(2)5-7-19-9-14(18)15-13-8-11(16-17-13)12-4-3-6-20-12/h3-4,6,8,10H,5,7,9H2,1-2H3,(H2,15,16,17,18). The smallest absolute Gasteiger partial charge is 0.235 e. The lowest BCUT2D eigenvalue weighted by atomic mass is 10.2. The number of carbonyl (C=O) groups is 1. The first-order chi connectivity index (χ1) is 9.65. The summed E-state index contributed by atoms with van der Waals surface area (Å²) in [5.41, 5.74) is 0.933. The van der Waals surface area contributed by atoms with Crippen molar-refractivity contribution in [3.8, 4) is 10.6 Å². The lowest BCUT2D eigenvalue weighted by molar-refractivity contribution is -0.113. The average Bonchev–Trinajstić information content (AvgIpc) is 3.04. The van der Waals surface area contributed by atoms with E-state index < -0.39 is 0 Å². The number of hydrogen-bond donors (Lipinski definition) is 2. The predicted molar refractivity (Wildman–Crippen MR) is 87.3 cm³/mol. The Labute approximate surface area is 127 Å². The average molecular weight is 309 g/mol. The van der Waals surface area contributed by atoms with Gasteiger partial charge in [-0.3, -0.25) is 9.89 Å². The Balaban J connectivity index is 1.77. The molecule has 20 heavy (non-hydrogen) atoms. The van der Waals surface area contributed by atoms with Gasteiger partial charge in [-0.2, -0.15) is 16.9 Å². The molecule has 0 aliphatic carbocycles. The summed E-state index contributed by atoms with van der Waals surface area (Å²) in [6.07, 6.45) is 1.14. The molecule has 0 aliphatic heterocycles. The van der Waals surface area contributed by atoms with Crippen molar-refractivity contribution in [2.75, 3.05) is 16.8 Å². The first kappa shape index (κ1) is 15.1. The van der Waals surface area contributed by atoms with Gasteiger partial charge in [0.2, 0.25) is 5.91 Å². The van der Waals surface area contributed by atoms with E-state index in [4.69, 9.17) is 0 Å². The fourth-order valence-corrected chi connectivity index (χ4v) is 3.34. The van der Waals surface area contributed by atoms with Crippen LogP contribution in [0.5, 0.6) is 0 Å². The van der Waals surface area contributed by atoms with Crippen LogP contribution >= 0.6 is 23.1 Å². The first-order valence-electron chi connectivity index (χ1n) is 6.62. The van der Waals surface area contributed by atoms with Crippen molar-refractivity contribution in [1.29, 1.82) is 0 Å². The monoisotopic (exact) mass is 309 g/mol. The molecular formula is C14H19N3OS2. The number of H-pyrrole nitrogens is 1. The minimum absolute atomic E-state index is 0.00276. The van der Waals surface area contributed by atoms with Gasteiger partial charge in [-0.25, -0.2) is 0 Å². The van der Waals surface area contributed by atoms with Crippen LogP contribution in [0.2, 0.25) is 0 Å². The Morgan fingerprint density at radius 2 is 2.40 bits per heavy atom. The summed E-state index contributed by atoms with van der Waals surface area (Å²) in [6, 6.07) is 5.87. The van der Waals surface area contributed by atoms with Gasteiger partial charge in [-0.15, -0.1) is 11.3 Å². The number of aromatic nitrogens is 2. The van der Waals surface area contributed by atoms with Crippen LogP contribution in [0.4, 0.5) is 5.82 Å². The van der Waals surface area contributed by atoms with Crippen LogP contribution in [0.15, 0.2) is 23.6 Å². The van der Waals surface area contributed by atoms with Gasteiger partial charge in [0.25, 0.3) is 0 Å². The van der Waals surface area contributed by atoms with Crippen molar-refractivity contribution in [3.63, 3.8) is 0 Å². The second kappa shape index (κ2) is 7.50. The molecule has 4 nitrogen and oxygen atoms in total. The first-order valence-corrected chi connectivity index (χ1v) is 8.65. The van der Waals surface area contributed by atoms with Crippen LogP contribution in [0.1, 0.15) is 20.3 Å². The van der Waals surface area contributed by atoms with Crippen molar-refractivity contribution < 1.29 is 4.79 Å². The largest absolute Gasteiger partial charge is 0.308 e. The molecule has 0 spiro atoms. The minimum atomic E-state index is 0.00276. The number of hydrogen-bond acceptors (Lipinski definition) is 4. The normalized spacial score (nSPS) is 10.9. The molecule has 0 aromatic carbocycles. The number of aromatic amines is 1. The fraction of sp³-hybridized carbons (Fsp3) is 0.429. The Hall–Kier alpha value is -1.27.